The van der Waals surface area contributed by atoms with Crippen molar-refractivity contribution in [1.29, 1.82) is 0 Å². The summed E-state index contributed by atoms with van der Waals surface area (Å²) in [4.78, 5) is 11.6. The summed E-state index contributed by atoms with van der Waals surface area (Å²) >= 11 is 0. The highest BCUT2D eigenvalue weighted by molar-refractivity contribution is 5.91. The van der Waals surface area contributed by atoms with Gasteiger partial charge in [-0.1, -0.05) is 19.4 Å². The van der Waals surface area contributed by atoms with Crippen molar-refractivity contribution >= 4 is 5.78 Å². The first kappa shape index (κ1) is 14.3. The Kier molecular flexibility index (Phi) is 3.56. The number of fused-ring (bicyclic) bond motifs is 3. The number of hydrogen-bond donors (Lipinski definition) is 1. The van der Waals surface area contributed by atoms with Gasteiger partial charge >= 0.3 is 0 Å². The van der Waals surface area contributed by atoms with E-state index in [9.17, 15) is 9.90 Å². The third-order valence-corrected chi connectivity index (χ3v) is 7.01. The van der Waals surface area contributed by atoms with Crippen molar-refractivity contribution < 1.29 is 9.90 Å². The molecule has 0 aromatic rings. The van der Waals surface area contributed by atoms with Crippen LogP contribution >= 0.6 is 0 Å². The molecule has 0 aromatic heterocycles. The summed E-state index contributed by atoms with van der Waals surface area (Å²) in [6, 6.07) is 0. The van der Waals surface area contributed by atoms with Crippen LogP contribution in [0.3, 0.4) is 0 Å². The lowest BCUT2D eigenvalue weighted by molar-refractivity contribution is -0.116. The fraction of sp³-hybridized carbons (Fsp3) is 0.833. The van der Waals surface area contributed by atoms with E-state index in [4.69, 9.17) is 0 Å². The van der Waals surface area contributed by atoms with Crippen molar-refractivity contribution in [3.8, 4) is 0 Å². The number of hydrogen-bond acceptors (Lipinski definition) is 2. The second-order valence-electron chi connectivity index (χ2n) is 7.71. The maximum absolute atomic E-state index is 11.6. The van der Waals surface area contributed by atoms with Gasteiger partial charge in [-0.3, -0.25) is 4.79 Å². The lowest BCUT2D eigenvalue weighted by Crippen LogP contribution is -2.49. The second kappa shape index (κ2) is 4.98. The molecule has 3 aliphatic rings. The van der Waals surface area contributed by atoms with Gasteiger partial charge in [-0.2, -0.15) is 0 Å². The van der Waals surface area contributed by atoms with Gasteiger partial charge in [0.2, 0.25) is 0 Å². The number of aliphatic hydroxyl groups excluding tert-OH is 1. The summed E-state index contributed by atoms with van der Waals surface area (Å²) in [5, 5.41) is 10.2. The van der Waals surface area contributed by atoms with Crippen LogP contribution in [0.1, 0.15) is 59.3 Å². The van der Waals surface area contributed by atoms with Crippen LogP contribution in [-0.4, -0.2) is 17.0 Å². The molecule has 3 rings (SSSR count). The van der Waals surface area contributed by atoms with E-state index in [-0.39, 0.29) is 11.5 Å². The lowest BCUT2D eigenvalue weighted by Gasteiger charge is -2.54. The molecule has 0 spiro atoms. The van der Waals surface area contributed by atoms with Crippen molar-refractivity contribution in [3.63, 3.8) is 0 Å². The van der Waals surface area contributed by atoms with E-state index < -0.39 is 0 Å². The molecule has 2 heteroatoms. The Balaban J connectivity index is 1.84. The van der Waals surface area contributed by atoms with E-state index in [2.05, 4.69) is 13.8 Å². The molecule has 0 saturated heterocycles. The zero-order chi connectivity index (χ0) is 14.5. The Morgan fingerprint density at radius 3 is 2.70 bits per heavy atom. The molecule has 3 aliphatic carbocycles. The number of aliphatic hydroxyl groups is 1. The molecule has 2 nitrogen and oxygen atoms in total. The van der Waals surface area contributed by atoms with Gasteiger partial charge in [-0.15, -0.1) is 0 Å². The topological polar surface area (TPSA) is 37.3 Å². The van der Waals surface area contributed by atoms with Gasteiger partial charge in [-0.25, -0.2) is 0 Å². The molecule has 0 radical (unpaired) electrons. The Morgan fingerprint density at radius 1 is 1.25 bits per heavy atom. The van der Waals surface area contributed by atoms with Crippen LogP contribution < -0.4 is 0 Å². The standard InChI is InChI=1S/C18H28O2/c1-11-15-6-4-13-10-14(20)5-7-16(13)17(15)8-9-18(11,3)12(2)19/h10-12,15-17,19H,4-9H2,1-3H3. The molecule has 0 bridgehead atoms. The highest BCUT2D eigenvalue weighted by atomic mass is 16.3. The number of rotatable bonds is 1. The molecular formula is C18H28O2. The SMILES string of the molecule is CC(O)C1(C)CCC2C3CCC(=O)C=C3CCC2C1C. The van der Waals surface area contributed by atoms with Gasteiger partial charge in [0, 0.05) is 6.42 Å². The number of allylic oxidation sites excluding steroid dienone is 2. The van der Waals surface area contributed by atoms with Gasteiger partial charge in [-0.05, 0) is 74.2 Å². The van der Waals surface area contributed by atoms with Crippen LogP contribution in [0.4, 0.5) is 0 Å². The predicted molar refractivity (Wildman–Crippen MR) is 80.2 cm³/mol. The van der Waals surface area contributed by atoms with Gasteiger partial charge in [0.15, 0.2) is 5.78 Å². The molecule has 2 fully saturated rings. The van der Waals surface area contributed by atoms with Crippen LogP contribution in [0.2, 0.25) is 0 Å². The highest BCUT2D eigenvalue weighted by Crippen LogP contribution is 2.57. The zero-order valence-electron chi connectivity index (χ0n) is 13.1. The fourth-order valence-corrected chi connectivity index (χ4v) is 5.28. The predicted octanol–water partition coefficient (Wildman–Crippen LogP) is 3.74. The van der Waals surface area contributed by atoms with E-state index in [0.29, 0.717) is 17.6 Å². The molecule has 6 atom stereocenters. The average molecular weight is 276 g/mol. The second-order valence-corrected chi connectivity index (χ2v) is 7.71. The van der Waals surface area contributed by atoms with Gasteiger partial charge in [0.05, 0.1) is 6.10 Å². The van der Waals surface area contributed by atoms with Crippen molar-refractivity contribution in [2.24, 2.45) is 29.1 Å². The monoisotopic (exact) mass is 276 g/mol. The van der Waals surface area contributed by atoms with E-state index in [0.717, 1.165) is 37.5 Å². The minimum absolute atomic E-state index is 0.0763. The molecule has 0 heterocycles. The Bertz CT molecular complexity index is 437. The van der Waals surface area contributed by atoms with Crippen LogP contribution in [0.5, 0.6) is 0 Å². The molecule has 0 aromatic carbocycles. The molecule has 112 valence electrons. The zero-order valence-corrected chi connectivity index (χ0v) is 13.1. The third-order valence-electron chi connectivity index (χ3n) is 7.01. The quantitative estimate of drug-likeness (QED) is 0.792. The van der Waals surface area contributed by atoms with Crippen molar-refractivity contribution in [2.45, 2.75) is 65.4 Å². The fourth-order valence-electron chi connectivity index (χ4n) is 5.28. The van der Waals surface area contributed by atoms with Crippen molar-refractivity contribution in [3.05, 3.63) is 11.6 Å². The molecule has 1 N–H and O–H groups in total. The van der Waals surface area contributed by atoms with Crippen LogP contribution in [0, 0.1) is 29.1 Å². The summed E-state index contributed by atoms with van der Waals surface area (Å²) in [5.41, 5.74) is 1.52. The van der Waals surface area contributed by atoms with E-state index in [1.807, 2.05) is 13.0 Å². The summed E-state index contributed by atoms with van der Waals surface area (Å²) in [5.74, 6) is 3.07. The normalized spacial score (nSPS) is 46.2. The molecule has 20 heavy (non-hydrogen) atoms. The molecule has 0 amide bonds. The van der Waals surface area contributed by atoms with Crippen LogP contribution in [0.25, 0.3) is 0 Å². The van der Waals surface area contributed by atoms with Crippen LogP contribution in [0.15, 0.2) is 11.6 Å². The summed E-state index contributed by atoms with van der Waals surface area (Å²) in [6.07, 6.45) is 8.24. The maximum Gasteiger partial charge on any atom is 0.155 e. The maximum atomic E-state index is 11.6. The Hall–Kier alpha value is -0.630. The lowest BCUT2D eigenvalue weighted by atomic mass is 9.51. The molecule has 2 saturated carbocycles. The first-order chi connectivity index (χ1) is 9.43. The minimum Gasteiger partial charge on any atom is -0.393 e. The van der Waals surface area contributed by atoms with Crippen molar-refractivity contribution in [1.82, 2.24) is 0 Å². The van der Waals surface area contributed by atoms with E-state index >= 15 is 0 Å². The number of carbonyl (C=O) groups is 1. The molecule has 0 aliphatic heterocycles. The Morgan fingerprint density at radius 2 is 2.00 bits per heavy atom. The highest BCUT2D eigenvalue weighted by Gasteiger charge is 2.50. The smallest absolute Gasteiger partial charge is 0.155 e. The van der Waals surface area contributed by atoms with Gasteiger partial charge < -0.3 is 5.11 Å². The first-order valence-corrected chi connectivity index (χ1v) is 8.35. The molecular weight excluding hydrogens is 248 g/mol. The molecule has 6 unspecified atom stereocenters. The summed E-state index contributed by atoms with van der Waals surface area (Å²) < 4.78 is 0. The van der Waals surface area contributed by atoms with Gasteiger partial charge in [0.1, 0.15) is 0 Å². The van der Waals surface area contributed by atoms with Gasteiger partial charge in [0.25, 0.3) is 0 Å². The van der Waals surface area contributed by atoms with Crippen molar-refractivity contribution in [2.75, 3.05) is 0 Å². The van der Waals surface area contributed by atoms with E-state index in [1.165, 1.54) is 18.4 Å². The van der Waals surface area contributed by atoms with E-state index in [1.54, 1.807) is 0 Å². The Labute approximate surface area is 122 Å². The number of ketones is 1. The minimum atomic E-state index is -0.219. The van der Waals surface area contributed by atoms with Crippen LogP contribution in [-0.2, 0) is 4.79 Å². The third kappa shape index (κ3) is 2.07. The average Bonchev–Trinajstić information content (AvgIpc) is 2.42. The number of carbonyl (C=O) groups excluding carboxylic acids is 1. The largest absolute Gasteiger partial charge is 0.393 e. The summed E-state index contributed by atoms with van der Waals surface area (Å²) in [7, 11) is 0. The summed E-state index contributed by atoms with van der Waals surface area (Å²) in [6.45, 7) is 6.59. The first-order valence-electron chi connectivity index (χ1n) is 8.35.